The predicted octanol–water partition coefficient (Wildman–Crippen LogP) is 3.22. The molecule has 3 N–H and O–H groups in total. The summed E-state index contributed by atoms with van der Waals surface area (Å²) in [5.74, 6) is -0.387. The van der Waals surface area contributed by atoms with Crippen molar-refractivity contribution in [3.8, 4) is 0 Å². The molecule has 0 spiro atoms. The fourth-order valence-corrected chi connectivity index (χ4v) is 1.75. The van der Waals surface area contributed by atoms with Crippen LogP contribution in [0.15, 0.2) is 36.7 Å². The van der Waals surface area contributed by atoms with E-state index in [9.17, 15) is 4.79 Å². The molecule has 1 heterocycles. The fraction of sp³-hybridized carbons (Fsp3) is 0. The van der Waals surface area contributed by atoms with E-state index in [1.165, 1.54) is 12.4 Å². The molecule has 2 aromatic rings. The number of aromatic nitrogens is 1. The molecule has 0 bridgehead atoms. The Bertz CT molecular complexity index is 602. The summed E-state index contributed by atoms with van der Waals surface area (Å²) in [7, 11) is 0. The lowest BCUT2D eigenvalue weighted by Crippen LogP contribution is -2.13. The highest BCUT2D eigenvalue weighted by atomic mass is 35.5. The summed E-state index contributed by atoms with van der Waals surface area (Å²) < 4.78 is 0. The van der Waals surface area contributed by atoms with Gasteiger partial charge in [0.15, 0.2) is 0 Å². The van der Waals surface area contributed by atoms with Gasteiger partial charge in [-0.3, -0.25) is 9.78 Å². The van der Waals surface area contributed by atoms with Gasteiger partial charge < -0.3 is 11.1 Å². The number of nitrogens with two attached hydrogens (primary N) is 1. The van der Waals surface area contributed by atoms with E-state index in [0.29, 0.717) is 16.4 Å². The van der Waals surface area contributed by atoms with Crippen molar-refractivity contribution in [3.05, 3.63) is 52.3 Å². The van der Waals surface area contributed by atoms with Gasteiger partial charge in [-0.25, -0.2) is 0 Å². The highest BCUT2D eigenvalue weighted by Gasteiger charge is 2.13. The number of nitrogen functional groups attached to an aromatic ring is 1. The molecule has 6 heteroatoms. The highest BCUT2D eigenvalue weighted by molar-refractivity contribution is 6.37. The number of amides is 1. The van der Waals surface area contributed by atoms with Crippen LogP contribution in [0.5, 0.6) is 0 Å². The van der Waals surface area contributed by atoms with Crippen molar-refractivity contribution >= 4 is 40.5 Å². The van der Waals surface area contributed by atoms with E-state index in [0.717, 1.165) is 0 Å². The third kappa shape index (κ3) is 2.55. The number of benzene rings is 1. The van der Waals surface area contributed by atoms with Gasteiger partial charge in [0.1, 0.15) is 0 Å². The molecule has 1 amide bonds. The number of hydrogen-bond acceptors (Lipinski definition) is 3. The molecular formula is C12H9Cl2N3O. The molecule has 1 aromatic carbocycles. The number of halogens is 2. The molecule has 2 rings (SSSR count). The molecule has 0 aliphatic carbocycles. The molecule has 1 aromatic heterocycles. The Balaban J connectivity index is 2.28. The number of rotatable bonds is 2. The van der Waals surface area contributed by atoms with Crippen LogP contribution in [0.2, 0.25) is 10.0 Å². The van der Waals surface area contributed by atoms with Crippen LogP contribution in [-0.4, -0.2) is 10.9 Å². The zero-order valence-corrected chi connectivity index (χ0v) is 10.7. The molecule has 0 radical (unpaired) electrons. The molecular weight excluding hydrogens is 273 g/mol. The predicted molar refractivity (Wildman–Crippen MR) is 73.1 cm³/mol. The Labute approximate surface area is 114 Å². The first-order valence-electron chi connectivity index (χ1n) is 5.04. The monoisotopic (exact) mass is 281 g/mol. The van der Waals surface area contributed by atoms with Gasteiger partial charge in [0.2, 0.25) is 0 Å². The number of carbonyl (C=O) groups is 1. The number of nitrogens with zero attached hydrogens (tertiary/aromatic N) is 1. The van der Waals surface area contributed by atoms with Gasteiger partial charge in [0, 0.05) is 6.20 Å². The van der Waals surface area contributed by atoms with E-state index in [1.54, 1.807) is 24.3 Å². The van der Waals surface area contributed by atoms with E-state index >= 15 is 0 Å². The molecule has 4 nitrogen and oxygen atoms in total. The average Bonchev–Trinajstić information content (AvgIpc) is 2.35. The van der Waals surface area contributed by atoms with Crippen molar-refractivity contribution in [2.24, 2.45) is 0 Å². The second-order valence-corrected chi connectivity index (χ2v) is 4.30. The maximum absolute atomic E-state index is 12.0. The van der Waals surface area contributed by atoms with E-state index in [2.05, 4.69) is 10.3 Å². The maximum atomic E-state index is 12.0. The molecule has 0 fully saturated rings. The van der Waals surface area contributed by atoms with Crippen LogP contribution in [0.3, 0.4) is 0 Å². The third-order valence-corrected chi connectivity index (χ3v) is 3.04. The van der Waals surface area contributed by atoms with Crippen molar-refractivity contribution in [1.82, 2.24) is 4.98 Å². The number of hydrogen-bond donors (Lipinski definition) is 2. The maximum Gasteiger partial charge on any atom is 0.257 e. The zero-order valence-electron chi connectivity index (χ0n) is 9.15. The lowest BCUT2D eigenvalue weighted by Gasteiger charge is -2.08. The molecule has 0 saturated heterocycles. The Morgan fingerprint density at radius 2 is 2.06 bits per heavy atom. The largest absolute Gasteiger partial charge is 0.398 e. The van der Waals surface area contributed by atoms with Gasteiger partial charge in [-0.2, -0.15) is 0 Å². The molecule has 0 aliphatic rings. The fourth-order valence-electron chi connectivity index (χ4n) is 1.38. The smallest absolute Gasteiger partial charge is 0.257 e. The first kappa shape index (κ1) is 12.7. The van der Waals surface area contributed by atoms with E-state index in [-0.39, 0.29) is 16.5 Å². The molecule has 0 aliphatic heterocycles. The molecule has 0 saturated carbocycles. The number of nitrogens with one attached hydrogen (secondary N) is 1. The minimum Gasteiger partial charge on any atom is -0.398 e. The van der Waals surface area contributed by atoms with Crippen molar-refractivity contribution < 1.29 is 4.79 Å². The van der Waals surface area contributed by atoms with Crippen LogP contribution in [0.4, 0.5) is 11.4 Å². The van der Waals surface area contributed by atoms with Gasteiger partial charge in [0.25, 0.3) is 5.91 Å². The Morgan fingerprint density at radius 3 is 2.78 bits per heavy atom. The minimum atomic E-state index is -0.387. The second kappa shape index (κ2) is 5.25. The third-order valence-electron chi connectivity index (χ3n) is 2.29. The van der Waals surface area contributed by atoms with Gasteiger partial charge in [0.05, 0.1) is 33.2 Å². The summed E-state index contributed by atoms with van der Waals surface area (Å²) in [6.45, 7) is 0. The number of pyridine rings is 1. The minimum absolute atomic E-state index is 0.218. The molecule has 92 valence electrons. The Hall–Kier alpha value is -1.78. The lowest BCUT2D eigenvalue weighted by molar-refractivity contribution is 0.102. The molecule has 0 unspecified atom stereocenters. The van der Waals surface area contributed by atoms with Crippen LogP contribution in [0.25, 0.3) is 0 Å². The highest BCUT2D eigenvalue weighted by Crippen LogP contribution is 2.25. The number of carbonyl (C=O) groups excluding carboxylic acids is 1. The normalized spacial score (nSPS) is 10.1. The van der Waals surface area contributed by atoms with E-state index in [1.807, 2.05) is 0 Å². The summed E-state index contributed by atoms with van der Waals surface area (Å²) in [4.78, 5) is 15.9. The van der Waals surface area contributed by atoms with E-state index in [4.69, 9.17) is 28.9 Å². The van der Waals surface area contributed by atoms with E-state index < -0.39 is 0 Å². The topological polar surface area (TPSA) is 68.0 Å². The van der Waals surface area contributed by atoms with Crippen LogP contribution < -0.4 is 11.1 Å². The van der Waals surface area contributed by atoms with Gasteiger partial charge >= 0.3 is 0 Å². The van der Waals surface area contributed by atoms with Crippen molar-refractivity contribution in [2.45, 2.75) is 0 Å². The average molecular weight is 282 g/mol. The lowest BCUT2D eigenvalue weighted by atomic mass is 10.2. The van der Waals surface area contributed by atoms with Gasteiger partial charge in [-0.1, -0.05) is 29.3 Å². The van der Waals surface area contributed by atoms with Crippen molar-refractivity contribution in [2.75, 3.05) is 11.1 Å². The summed E-state index contributed by atoms with van der Waals surface area (Å²) in [6.07, 6.45) is 2.99. The SMILES string of the molecule is Nc1cccc(C(=O)Nc2cnccc2Cl)c1Cl. The first-order chi connectivity index (χ1) is 8.59. The second-order valence-electron chi connectivity index (χ2n) is 3.52. The summed E-state index contributed by atoms with van der Waals surface area (Å²) in [5, 5.41) is 3.24. The van der Waals surface area contributed by atoms with Gasteiger partial charge in [-0.05, 0) is 18.2 Å². The summed E-state index contributed by atoms with van der Waals surface area (Å²) in [5.41, 5.74) is 6.69. The van der Waals surface area contributed by atoms with Crippen LogP contribution in [-0.2, 0) is 0 Å². The summed E-state index contributed by atoms with van der Waals surface area (Å²) in [6, 6.07) is 6.44. The Morgan fingerprint density at radius 1 is 1.28 bits per heavy atom. The van der Waals surface area contributed by atoms with Crippen molar-refractivity contribution in [3.63, 3.8) is 0 Å². The summed E-state index contributed by atoms with van der Waals surface area (Å²) >= 11 is 11.9. The Kier molecular flexibility index (Phi) is 3.69. The standard InChI is InChI=1S/C12H9Cl2N3O/c13-8-4-5-16-6-10(8)17-12(18)7-2-1-3-9(15)11(7)14/h1-6H,15H2,(H,17,18). The van der Waals surface area contributed by atoms with Gasteiger partial charge in [-0.15, -0.1) is 0 Å². The van der Waals surface area contributed by atoms with Crippen LogP contribution >= 0.6 is 23.2 Å². The quantitative estimate of drug-likeness (QED) is 0.831. The molecule has 18 heavy (non-hydrogen) atoms. The zero-order chi connectivity index (χ0) is 13.1. The number of anilines is 2. The molecule has 0 atom stereocenters. The van der Waals surface area contributed by atoms with Crippen LogP contribution in [0.1, 0.15) is 10.4 Å². The van der Waals surface area contributed by atoms with Crippen LogP contribution in [0, 0.1) is 0 Å². The first-order valence-corrected chi connectivity index (χ1v) is 5.80. The van der Waals surface area contributed by atoms with Crippen molar-refractivity contribution in [1.29, 1.82) is 0 Å².